The van der Waals surface area contributed by atoms with Crippen LogP contribution in [0.15, 0.2) is 73.2 Å². The van der Waals surface area contributed by atoms with Crippen molar-refractivity contribution in [2.24, 2.45) is 0 Å². The minimum absolute atomic E-state index is 0.0366. The second-order valence-electron chi connectivity index (χ2n) is 7.77. The minimum Gasteiger partial charge on any atom is -0.462 e. The van der Waals surface area contributed by atoms with E-state index in [4.69, 9.17) is 16.3 Å². The number of benzene rings is 1. The Morgan fingerprint density at radius 2 is 1.87 bits per heavy atom. The van der Waals surface area contributed by atoms with Crippen molar-refractivity contribution >= 4 is 17.5 Å². The second-order valence-corrected chi connectivity index (χ2v) is 8.20. The van der Waals surface area contributed by atoms with Crippen molar-refractivity contribution in [3.05, 3.63) is 89.3 Å². The van der Waals surface area contributed by atoms with Crippen molar-refractivity contribution in [3.8, 4) is 5.88 Å². The van der Waals surface area contributed by atoms with Crippen LogP contribution in [0, 0.1) is 0 Å². The number of carbonyl (C=O) groups is 1. The van der Waals surface area contributed by atoms with Crippen LogP contribution in [0.3, 0.4) is 0 Å². The summed E-state index contributed by atoms with van der Waals surface area (Å²) in [6, 6.07) is 16.9. The highest BCUT2D eigenvalue weighted by Crippen LogP contribution is 2.26. The fourth-order valence-corrected chi connectivity index (χ4v) is 3.38. The van der Waals surface area contributed by atoms with Gasteiger partial charge in [-0.2, -0.15) is 0 Å². The first-order chi connectivity index (χ1) is 14.3. The quantitative estimate of drug-likeness (QED) is 0.564. The number of amides is 1. The molecule has 5 nitrogen and oxygen atoms in total. The molecule has 3 rings (SSSR count). The van der Waals surface area contributed by atoms with Gasteiger partial charge in [-0.3, -0.25) is 9.78 Å². The molecule has 30 heavy (non-hydrogen) atoms. The van der Waals surface area contributed by atoms with Gasteiger partial charge in [0.05, 0.1) is 0 Å². The highest BCUT2D eigenvalue weighted by Gasteiger charge is 2.33. The zero-order chi connectivity index (χ0) is 21.6. The van der Waals surface area contributed by atoms with Crippen LogP contribution < -0.4 is 10.1 Å². The van der Waals surface area contributed by atoms with Crippen LogP contribution in [0.4, 0.5) is 0 Å². The number of hydrogen-bond donors (Lipinski definition) is 1. The van der Waals surface area contributed by atoms with Gasteiger partial charge < -0.3 is 10.1 Å². The molecule has 0 aliphatic carbocycles. The summed E-state index contributed by atoms with van der Waals surface area (Å²) in [6.07, 6.45) is 5.97. The Labute approximate surface area is 182 Å². The van der Waals surface area contributed by atoms with Crippen LogP contribution in [0.1, 0.15) is 37.8 Å². The lowest BCUT2D eigenvalue weighted by Gasteiger charge is -2.30. The predicted molar refractivity (Wildman–Crippen MR) is 119 cm³/mol. The Kier molecular flexibility index (Phi) is 7.06. The lowest BCUT2D eigenvalue weighted by molar-refractivity contribution is -0.135. The van der Waals surface area contributed by atoms with Crippen molar-refractivity contribution < 1.29 is 9.53 Å². The first-order valence-corrected chi connectivity index (χ1v) is 10.3. The van der Waals surface area contributed by atoms with E-state index in [-0.39, 0.29) is 17.9 Å². The molecule has 0 aliphatic rings. The van der Waals surface area contributed by atoms with E-state index in [1.54, 1.807) is 38.4 Å². The molecule has 0 fully saturated rings. The lowest BCUT2D eigenvalue weighted by Crippen LogP contribution is -2.51. The second kappa shape index (κ2) is 9.72. The molecule has 1 aromatic carbocycles. The van der Waals surface area contributed by atoms with E-state index in [1.165, 1.54) is 0 Å². The molecule has 2 heterocycles. The highest BCUT2D eigenvalue weighted by molar-refractivity contribution is 6.30. The Morgan fingerprint density at radius 3 is 2.50 bits per heavy atom. The molecule has 1 amide bonds. The Morgan fingerprint density at radius 1 is 1.10 bits per heavy atom. The molecule has 3 aromatic rings. The zero-order valence-electron chi connectivity index (χ0n) is 17.4. The Bertz CT molecular complexity index is 947. The molecular formula is C24H26ClN3O2. The minimum atomic E-state index is -1.07. The number of ether oxygens (including phenoxy) is 1. The fraction of sp³-hybridized carbons (Fsp3) is 0.292. The van der Waals surface area contributed by atoms with Crippen molar-refractivity contribution in [1.82, 2.24) is 15.3 Å². The number of nitrogens with one attached hydrogen (secondary N) is 1. The molecule has 0 radical (unpaired) electrons. The molecule has 0 aliphatic heterocycles. The summed E-state index contributed by atoms with van der Waals surface area (Å²) >= 11 is 6.03. The van der Waals surface area contributed by atoms with E-state index in [9.17, 15) is 4.79 Å². The molecule has 1 N–H and O–H groups in total. The predicted octanol–water partition coefficient (Wildman–Crippen LogP) is 4.82. The van der Waals surface area contributed by atoms with Gasteiger partial charge in [-0.05, 0) is 62.6 Å². The third-order valence-corrected chi connectivity index (χ3v) is 5.24. The average molecular weight is 424 g/mol. The van der Waals surface area contributed by atoms with Gasteiger partial charge in [0.25, 0.3) is 5.91 Å². The summed E-state index contributed by atoms with van der Waals surface area (Å²) in [6.45, 7) is 5.48. The number of nitrogens with zero attached hydrogens (tertiary/aromatic N) is 2. The molecule has 0 saturated heterocycles. The van der Waals surface area contributed by atoms with E-state index < -0.39 is 5.60 Å². The van der Waals surface area contributed by atoms with Gasteiger partial charge in [-0.1, -0.05) is 35.9 Å². The smallest absolute Gasteiger partial charge is 0.263 e. The van der Waals surface area contributed by atoms with Crippen LogP contribution in [0.25, 0.3) is 0 Å². The first-order valence-electron chi connectivity index (χ1n) is 9.90. The van der Waals surface area contributed by atoms with Crippen LogP contribution >= 0.6 is 11.6 Å². The standard InChI is InChI=1S/C24H26ClN3O2/c1-17(28-23(29)24(2,3)30-22-8-4-5-14-27-22)21(19-7-6-13-26-16-19)15-18-9-11-20(25)12-10-18/h4-14,16-17,21H,15H2,1-3H3,(H,28,29). The normalized spacial score (nSPS) is 13.3. The molecule has 0 bridgehead atoms. The van der Waals surface area contributed by atoms with Gasteiger partial charge in [0.15, 0.2) is 5.60 Å². The molecule has 6 heteroatoms. The topological polar surface area (TPSA) is 64.1 Å². The average Bonchev–Trinajstić information content (AvgIpc) is 2.74. The molecule has 2 atom stereocenters. The van der Waals surface area contributed by atoms with Gasteiger partial charge in [0.2, 0.25) is 5.88 Å². The third kappa shape index (κ3) is 5.80. The van der Waals surface area contributed by atoms with Crippen LogP contribution in [-0.2, 0) is 11.2 Å². The molecule has 2 aromatic heterocycles. The van der Waals surface area contributed by atoms with E-state index in [0.29, 0.717) is 10.9 Å². The number of rotatable bonds is 8. The molecule has 156 valence electrons. The number of pyridine rings is 2. The van der Waals surface area contributed by atoms with Crippen LogP contribution in [0.5, 0.6) is 5.88 Å². The van der Waals surface area contributed by atoms with Crippen LogP contribution in [0.2, 0.25) is 5.02 Å². The number of aromatic nitrogens is 2. The van der Waals surface area contributed by atoms with E-state index in [0.717, 1.165) is 17.5 Å². The van der Waals surface area contributed by atoms with E-state index >= 15 is 0 Å². The number of hydrogen-bond acceptors (Lipinski definition) is 4. The molecular weight excluding hydrogens is 398 g/mol. The van der Waals surface area contributed by atoms with Crippen molar-refractivity contribution in [2.75, 3.05) is 0 Å². The maximum atomic E-state index is 13.0. The Hall–Kier alpha value is -2.92. The summed E-state index contributed by atoms with van der Waals surface area (Å²) < 4.78 is 5.83. The zero-order valence-corrected chi connectivity index (χ0v) is 18.1. The maximum absolute atomic E-state index is 13.0. The van der Waals surface area contributed by atoms with Gasteiger partial charge in [0.1, 0.15) is 0 Å². The first kappa shape index (κ1) is 21.8. The summed E-state index contributed by atoms with van der Waals surface area (Å²) in [5, 5.41) is 3.83. The fourth-order valence-electron chi connectivity index (χ4n) is 3.25. The van der Waals surface area contributed by atoms with Crippen molar-refractivity contribution in [2.45, 2.75) is 44.8 Å². The summed E-state index contributed by atoms with van der Waals surface area (Å²) in [7, 11) is 0. The monoisotopic (exact) mass is 423 g/mol. The van der Waals surface area contributed by atoms with Gasteiger partial charge >= 0.3 is 0 Å². The molecule has 0 spiro atoms. The number of halogens is 1. The maximum Gasteiger partial charge on any atom is 0.263 e. The summed E-state index contributed by atoms with van der Waals surface area (Å²) in [5.74, 6) is 0.246. The Balaban J connectivity index is 1.76. The van der Waals surface area contributed by atoms with E-state index in [1.807, 2.05) is 55.6 Å². The van der Waals surface area contributed by atoms with Gasteiger partial charge in [-0.25, -0.2) is 4.98 Å². The van der Waals surface area contributed by atoms with Crippen molar-refractivity contribution in [3.63, 3.8) is 0 Å². The summed E-state index contributed by atoms with van der Waals surface area (Å²) in [5.41, 5.74) is 1.13. The lowest BCUT2D eigenvalue weighted by atomic mass is 9.87. The van der Waals surface area contributed by atoms with E-state index in [2.05, 4.69) is 15.3 Å². The van der Waals surface area contributed by atoms with Gasteiger partial charge in [-0.15, -0.1) is 0 Å². The largest absolute Gasteiger partial charge is 0.462 e. The van der Waals surface area contributed by atoms with Crippen LogP contribution in [-0.4, -0.2) is 27.5 Å². The third-order valence-electron chi connectivity index (χ3n) is 4.99. The summed E-state index contributed by atoms with van der Waals surface area (Å²) in [4.78, 5) is 21.4. The molecule has 0 saturated carbocycles. The molecule has 2 unspecified atom stereocenters. The SMILES string of the molecule is CC(NC(=O)C(C)(C)Oc1ccccn1)C(Cc1ccc(Cl)cc1)c1cccnc1. The number of carbonyl (C=O) groups excluding carboxylic acids is 1. The van der Waals surface area contributed by atoms with Gasteiger partial charge in [0, 0.05) is 41.6 Å². The van der Waals surface area contributed by atoms with Crippen molar-refractivity contribution in [1.29, 1.82) is 0 Å². The highest BCUT2D eigenvalue weighted by atomic mass is 35.5.